The van der Waals surface area contributed by atoms with Gasteiger partial charge in [0.25, 0.3) is 0 Å². The van der Waals surface area contributed by atoms with Gasteiger partial charge in [-0.25, -0.2) is 4.98 Å². The number of nitrogens with one attached hydrogen (secondary N) is 1. The molecular weight excluding hydrogens is 228 g/mol. The number of amides is 1. The van der Waals surface area contributed by atoms with Crippen LogP contribution in [-0.2, 0) is 4.79 Å². The van der Waals surface area contributed by atoms with Gasteiger partial charge in [-0.2, -0.15) is 0 Å². The van der Waals surface area contributed by atoms with E-state index in [1.165, 1.54) is 0 Å². The second kappa shape index (κ2) is 4.15. The Morgan fingerprint density at radius 2 is 2.28 bits per heavy atom. The average Bonchev–Trinajstić information content (AvgIpc) is 2.72. The summed E-state index contributed by atoms with van der Waals surface area (Å²) in [6, 6.07) is 3.79. The van der Waals surface area contributed by atoms with Crippen LogP contribution in [0.4, 0.5) is 11.5 Å². The number of pyridine rings is 1. The minimum absolute atomic E-state index is 0.181. The van der Waals surface area contributed by atoms with Crippen LogP contribution in [-0.4, -0.2) is 30.5 Å². The Kier molecular flexibility index (Phi) is 2.61. The molecule has 2 saturated heterocycles. The number of anilines is 2. The monoisotopic (exact) mass is 246 g/mol. The van der Waals surface area contributed by atoms with Gasteiger partial charge in [-0.1, -0.05) is 0 Å². The largest absolute Gasteiger partial charge is 0.384 e. The number of piperidine rings is 1. The molecule has 0 radical (unpaired) electrons. The van der Waals surface area contributed by atoms with Crippen LogP contribution in [0.25, 0.3) is 0 Å². The van der Waals surface area contributed by atoms with E-state index in [2.05, 4.69) is 15.2 Å². The van der Waals surface area contributed by atoms with Crippen LogP contribution in [0, 0.1) is 5.41 Å². The molecule has 2 aliphatic heterocycles. The second-order valence-electron chi connectivity index (χ2n) is 5.25. The lowest BCUT2D eigenvalue weighted by Gasteiger charge is -2.39. The Bertz CT molecular complexity index is 459. The van der Waals surface area contributed by atoms with Crippen molar-refractivity contribution in [2.45, 2.75) is 19.3 Å². The lowest BCUT2D eigenvalue weighted by Crippen LogP contribution is -2.47. The van der Waals surface area contributed by atoms with E-state index in [1.54, 1.807) is 6.20 Å². The standard InChI is InChI=1S/C13H18N4O/c14-11-3-2-10(8-16-11)17-7-1-4-13(9-17)5-6-15-12(13)18/h2-3,8H,1,4-7,9H2,(H2,14,16)(H,15,18). The summed E-state index contributed by atoms with van der Waals surface area (Å²) < 4.78 is 0. The Hall–Kier alpha value is -1.78. The van der Waals surface area contributed by atoms with Crippen LogP contribution in [0.1, 0.15) is 19.3 Å². The normalized spacial score (nSPS) is 27.6. The molecule has 1 atom stereocenters. The van der Waals surface area contributed by atoms with Gasteiger partial charge in [0, 0.05) is 19.6 Å². The van der Waals surface area contributed by atoms with Gasteiger partial charge in [0.15, 0.2) is 0 Å². The summed E-state index contributed by atoms with van der Waals surface area (Å²) in [5, 5.41) is 2.96. The highest BCUT2D eigenvalue weighted by molar-refractivity contribution is 5.85. The molecule has 5 heteroatoms. The molecule has 1 unspecified atom stereocenters. The van der Waals surface area contributed by atoms with E-state index >= 15 is 0 Å². The first-order valence-electron chi connectivity index (χ1n) is 6.44. The van der Waals surface area contributed by atoms with Gasteiger partial charge in [-0.3, -0.25) is 4.79 Å². The first-order chi connectivity index (χ1) is 8.70. The molecule has 5 nitrogen and oxygen atoms in total. The molecule has 1 amide bonds. The van der Waals surface area contributed by atoms with E-state index in [9.17, 15) is 4.79 Å². The summed E-state index contributed by atoms with van der Waals surface area (Å²) in [5.74, 6) is 0.750. The maximum absolute atomic E-state index is 12.0. The molecule has 1 aromatic heterocycles. The lowest BCUT2D eigenvalue weighted by atomic mass is 9.78. The van der Waals surface area contributed by atoms with E-state index in [4.69, 9.17) is 5.73 Å². The van der Waals surface area contributed by atoms with Crippen molar-refractivity contribution in [3.8, 4) is 0 Å². The van der Waals surface area contributed by atoms with Crippen molar-refractivity contribution in [3.05, 3.63) is 18.3 Å². The number of hydrogen-bond donors (Lipinski definition) is 2. The SMILES string of the molecule is Nc1ccc(N2CCCC3(CCNC3=O)C2)cn1. The fourth-order valence-corrected chi connectivity index (χ4v) is 3.04. The van der Waals surface area contributed by atoms with E-state index in [0.29, 0.717) is 5.82 Å². The highest BCUT2D eigenvalue weighted by Crippen LogP contribution is 2.38. The molecule has 18 heavy (non-hydrogen) atoms. The third kappa shape index (κ3) is 1.79. The van der Waals surface area contributed by atoms with Crippen molar-refractivity contribution < 1.29 is 4.79 Å². The molecule has 0 saturated carbocycles. The average molecular weight is 246 g/mol. The fourth-order valence-electron chi connectivity index (χ4n) is 3.04. The maximum Gasteiger partial charge on any atom is 0.228 e. The summed E-state index contributed by atoms with van der Waals surface area (Å²) in [7, 11) is 0. The predicted octanol–water partition coefficient (Wildman–Crippen LogP) is 0.770. The summed E-state index contributed by atoms with van der Waals surface area (Å²) in [4.78, 5) is 18.4. The van der Waals surface area contributed by atoms with Crippen LogP contribution in [0.2, 0.25) is 0 Å². The second-order valence-corrected chi connectivity index (χ2v) is 5.25. The van der Waals surface area contributed by atoms with Gasteiger partial charge in [0.2, 0.25) is 5.91 Å². The Balaban J connectivity index is 1.82. The molecular formula is C13H18N4O. The third-order valence-corrected chi connectivity index (χ3v) is 4.08. The van der Waals surface area contributed by atoms with Crippen molar-refractivity contribution in [3.63, 3.8) is 0 Å². The number of carbonyl (C=O) groups is 1. The summed E-state index contributed by atoms with van der Waals surface area (Å²) in [5.41, 5.74) is 6.48. The first-order valence-corrected chi connectivity index (χ1v) is 6.44. The maximum atomic E-state index is 12.0. The van der Waals surface area contributed by atoms with Crippen LogP contribution in [0.3, 0.4) is 0 Å². The van der Waals surface area contributed by atoms with Crippen LogP contribution in [0.5, 0.6) is 0 Å². The minimum Gasteiger partial charge on any atom is -0.384 e. The van der Waals surface area contributed by atoms with Crippen LogP contribution in [0.15, 0.2) is 18.3 Å². The number of nitrogens with two attached hydrogens (primary N) is 1. The van der Waals surface area contributed by atoms with Crippen molar-refractivity contribution >= 4 is 17.4 Å². The number of aromatic nitrogens is 1. The van der Waals surface area contributed by atoms with E-state index in [0.717, 1.165) is 44.6 Å². The third-order valence-electron chi connectivity index (χ3n) is 4.08. The van der Waals surface area contributed by atoms with Crippen molar-refractivity contribution in [2.24, 2.45) is 5.41 Å². The highest BCUT2D eigenvalue weighted by Gasteiger charge is 2.45. The molecule has 1 aromatic rings. The zero-order valence-corrected chi connectivity index (χ0v) is 10.4. The molecule has 0 aromatic carbocycles. The highest BCUT2D eigenvalue weighted by atomic mass is 16.2. The topological polar surface area (TPSA) is 71.2 Å². The molecule has 2 fully saturated rings. The summed E-state index contributed by atoms with van der Waals surface area (Å²) in [6.07, 6.45) is 4.79. The van der Waals surface area contributed by atoms with Crippen molar-refractivity contribution in [1.29, 1.82) is 0 Å². The van der Waals surface area contributed by atoms with E-state index in [1.807, 2.05) is 12.1 Å². The first kappa shape index (κ1) is 11.3. The Labute approximate surface area is 106 Å². The number of nitrogen functional groups attached to an aromatic ring is 1. The fraction of sp³-hybridized carbons (Fsp3) is 0.538. The summed E-state index contributed by atoms with van der Waals surface area (Å²) >= 11 is 0. The zero-order valence-electron chi connectivity index (χ0n) is 10.4. The van der Waals surface area contributed by atoms with Crippen LogP contribution >= 0.6 is 0 Å². The van der Waals surface area contributed by atoms with Gasteiger partial charge in [-0.15, -0.1) is 0 Å². The zero-order chi connectivity index (χ0) is 12.6. The number of nitrogens with zero attached hydrogens (tertiary/aromatic N) is 2. The quantitative estimate of drug-likeness (QED) is 0.768. The minimum atomic E-state index is -0.181. The molecule has 3 heterocycles. The van der Waals surface area contributed by atoms with Gasteiger partial charge in [0.05, 0.1) is 17.3 Å². The Morgan fingerprint density at radius 3 is 2.94 bits per heavy atom. The van der Waals surface area contributed by atoms with Gasteiger partial charge in [0.1, 0.15) is 5.82 Å². The van der Waals surface area contributed by atoms with Crippen molar-refractivity contribution in [2.75, 3.05) is 30.3 Å². The number of carbonyl (C=O) groups excluding carboxylic acids is 1. The molecule has 0 bridgehead atoms. The van der Waals surface area contributed by atoms with Gasteiger partial charge in [-0.05, 0) is 31.4 Å². The number of hydrogen-bond acceptors (Lipinski definition) is 4. The smallest absolute Gasteiger partial charge is 0.228 e. The van der Waals surface area contributed by atoms with E-state index < -0.39 is 0 Å². The van der Waals surface area contributed by atoms with Gasteiger partial charge >= 0.3 is 0 Å². The van der Waals surface area contributed by atoms with Crippen LogP contribution < -0.4 is 16.0 Å². The molecule has 3 rings (SSSR count). The molecule has 3 N–H and O–H groups in total. The lowest BCUT2D eigenvalue weighted by molar-refractivity contribution is -0.128. The van der Waals surface area contributed by atoms with Crippen molar-refractivity contribution in [1.82, 2.24) is 10.3 Å². The molecule has 96 valence electrons. The molecule has 0 aliphatic carbocycles. The Morgan fingerprint density at radius 1 is 1.39 bits per heavy atom. The molecule has 1 spiro atoms. The molecule has 2 aliphatic rings. The van der Waals surface area contributed by atoms with E-state index in [-0.39, 0.29) is 11.3 Å². The predicted molar refractivity (Wildman–Crippen MR) is 70.2 cm³/mol. The summed E-state index contributed by atoms with van der Waals surface area (Å²) in [6.45, 7) is 2.59. The number of rotatable bonds is 1. The van der Waals surface area contributed by atoms with Gasteiger partial charge < -0.3 is 16.0 Å².